The van der Waals surface area contributed by atoms with Gasteiger partial charge in [0.2, 0.25) is 0 Å². The first kappa shape index (κ1) is 18.0. The molecule has 1 saturated carbocycles. The molecule has 132 valence electrons. The molecule has 0 spiro atoms. The van der Waals surface area contributed by atoms with Crippen molar-refractivity contribution in [3.63, 3.8) is 0 Å². The summed E-state index contributed by atoms with van der Waals surface area (Å²) in [5.41, 5.74) is 1.19. The molecule has 2 aromatic rings. The lowest BCUT2D eigenvalue weighted by Gasteiger charge is -2.43. The van der Waals surface area contributed by atoms with Crippen molar-refractivity contribution < 1.29 is 14.3 Å². The van der Waals surface area contributed by atoms with Crippen LogP contribution in [0.2, 0.25) is 0 Å². The van der Waals surface area contributed by atoms with E-state index in [1.165, 1.54) is 17.4 Å². The highest BCUT2D eigenvalue weighted by atomic mass is 32.2. The van der Waals surface area contributed by atoms with E-state index in [1.54, 1.807) is 0 Å². The molecular weight excluding hydrogens is 332 g/mol. The minimum absolute atomic E-state index is 0.0269. The molecule has 1 aliphatic carbocycles. The monoisotopic (exact) mass is 356 g/mol. The average Bonchev–Trinajstić information content (AvgIpc) is 2.62. The summed E-state index contributed by atoms with van der Waals surface area (Å²) in [5.74, 6) is 1.55. The normalized spacial score (nSPS) is 22.2. The molecule has 0 N–H and O–H groups in total. The molecule has 0 aromatic heterocycles. The Morgan fingerprint density at radius 1 is 1.08 bits per heavy atom. The third-order valence-electron chi connectivity index (χ3n) is 4.56. The number of hydrogen-bond donors (Lipinski definition) is 0. The molecule has 0 bridgehead atoms. The molecule has 1 aliphatic rings. The number of hydrogen-bond acceptors (Lipinski definition) is 4. The van der Waals surface area contributed by atoms with Crippen molar-refractivity contribution in [2.45, 2.75) is 31.0 Å². The number of ether oxygens (including phenoxy) is 2. The first-order chi connectivity index (χ1) is 12.2. The first-order valence-corrected chi connectivity index (χ1v) is 9.67. The summed E-state index contributed by atoms with van der Waals surface area (Å²) in [4.78, 5) is 12.6. The van der Waals surface area contributed by atoms with Gasteiger partial charge in [-0.2, -0.15) is 0 Å². The van der Waals surface area contributed by atoms with Gasteiger partial charge in [0.1, 0.15) is 6.10 Å². The maximum Gasteiger partial charge on any atom is 0.302 e. The van der Waals surface area contributed by atoms with Gasteiger partial charge in [-0.1, -0.05) is 48.5 Å². The van der Waals surface area contributed by atoms with Gasteiger partial charge in [0, 0.05) is 23.5 Å². The van der Waals surface area contributed by atoms with Gasteiger partial charge in [-0.3, -0.25) is 4.79 Å². The minimum Gasteiger partial charge on any atom is -0.462 e. The maximum atomic E-state index is 11.3. The predicted molar refractivity (Wildman–Crippen MR) is 100 cm³/mol. The molecule has 3 nitrogen and oxygen atoms in total. The second-order valence-electron chi connectivity index (χ2n) is 6.43. The summed E-state index contributed by atoms with van der Waals surface area (Å²) in [6.45, 7) is 2.83. The van der Waals surface area contributed by atoms with Crippen molar-refractivity contribution >= 4 is 17.7 Å². The molecule has 4 heteroatoms. The zero-order chi connectivity index (χ0) is 17.5. The van der Waals surface area contributed by atoms with Gasteiger partial charge in [0.15, 0.2) is 0 Å². The van der Waals surface area contributed by atoms with E-state index in [9.17, 15) is 4.79 Å². The molecule has 0 saturated heterocycles. The second kappa shape index (κ2) is 9.07. The van der Waals surface area contributed by atoms with Crippen molar-refractivity contribution in [2.24, 2.45) is 11.8 Å². The highest BCUT2D eigenvalue weighted by Crippen LogP contribution is 2.41. The van der Waals surface area contributed by atoms with Crippen LogP contribution in [-0.4, -0.2) is 24.4 Å². The number of esters is 1. The Balaban J connectivity index is 1.50. The van der Waals surface area contributed by atoms with Gasteiger partial charge in [-0.05, 0) is 30.0 Å². The lowest BCUT2D eigenvalue weighted by atomic mass is 9.72. The van der Waals surface area contributed by atoms with Crippen molar-refractivity contribution in [1.29, 1.82) is 0 Å². The third kappa shape index (κ3) is 5.35. The van der Waals surface area contributed by atoms with E-state index >= 15 is 0 Å². The van der Waals surface area contributed by atoms with Gasteiger partial charge in [0.25, 0.3) is 0 Å². The number of carbonyl (C=O) groups is 1. The van der Waals surface area contributed by atoms with Crippen LogP contribution in [-0.2, 0) is 20.9 Å². The first-order valence-electron chi connectivity index (χ1n) is 8.69. The Bertz CT molecular complexity index is 659. The Labute approximate surface area is 153 Å². The van der Waals surface area contributed by atoms with Crippen LogP contribution in [0, 0.1) is 11.8 Å². The van der Waals surface area contributed by atoms with E-state index in [2.05, 4.69) is 24.3 Å². The van der Waals surface area contributed by atoms with Gasteiger partial charge < -0.3 is 9.47 Å². The summed E-state index contributed by atoms with van der Waals surface area (Å²) in [6, 6.07) is 20.6. The van der Waals surface area contributed by atoms with Crippen molar-refractivity contribution in [1.82, 2.24) is 0 Å². The second-order valence-corrected chi connectivity index (χ2v) is 7.53. The highest BCUT2D eigenvalue weighted by molar-refractivity contribution is 7.99. The van der Waals surface area contributed by atoms with E-state index in [-0.39, 0.29) is 12.1 Å². The SMILES string of the molecule is CC(=O)O[C@@H]1C[C@@H](COCc2ccccc2)[C@H]1CSc1ccccc1. The standard InChI is InChI=1S/C21H24O3S/c1-16(22)24-21-12-18(14-23-13-17-8-4-2-5-9-17)20(21)15-25-19-10-6-3-7-11-19/h2-11,18,20-21H,12-15H2,1H3/t18-,20+,21+/m0/s1. The third-order valence-corrected chi connectivity index (χ3v) is 5.72. The van der Waals surface area contributed by atoms with Crippen LogP contribution in [0.25, 0.3) is 0 Å². The molecule has 0 amide bonds. The molecule has 3 atom stereocenters. The number of carbonyl (C=O) groups excluding carboxylic acids is 1. The molecular formula is C21H24O3S. The number of thioether (sulfide) groups is 1. The van der Waals surface area contributed by atoms with Crippen LogP contribution in [0.5, 0.6) is 0 Å². The molecule has 3 rings (SSSR count). The van der Waals surface area contributed by atoms with Crippen LogP contribution in [0.15, 0.2) is 65.6 Å². The molecule has 1 fully saturated rings. The Hall–Kier alpha value is -1.78. The maximum absolute atomic E-state index is 11.3. The molecule has 0 aliphatic heterocycles. The zero-order valence-electron chi connectivity index (χ0n) is 14.5. The van der Waals surface area contributed by atoms with Crippen LogP contribution in [0.3, 0.4) is 0 Å². The van der Waals surface area contributed by atoms with Crippen molar-refractivity contribution in [3.05, 3.63) is 66.2 Å². The number of benzene rings is 2. The molecule has 2 aromatic carbocycles. The average molecular weight is 356 g/mol. The van der Waals surface area contributed by atoms with E-state index in [1.807, 2.05) is 48.2 Å². The van der Waals surface area contributed by atoms with Crippen LogP contribution in [0.1, 0.15) is 18.9 Å². The summed E-state index contributed by atoms with van der Waals surface area (Å²) in [7, 11) is 0. The van der Waals surface area contributed by atoms with Gasteiger partial charge in [-0.25, -0.2) is 0 Å². The highest BCUT2D eigenvalue weighted by Gasteiger charge is 2.43. The lowest BCUT2D eigenvalue weighted by molar-refractivity contribution is -0.162. The summed E-state index contributed by atoms with van der Waals surface area (Å²) >= 11 is 1.82. The largest absolute Gasteiger partial charge is 0.462 e. The molecule has 0 radical (unpaired) electrons. The summed E-state index contributed by atoms with van der Waals surface area (Å²) in [6.07, 6.45) is 0.924. The smallest absolute Gasteiger partial charge is 0.302 e. The van der Waals surface area contributed by atoms with E-state index in [0.717, 1.165) is 12.2 Å². The quantitative estimate of drug-likeness (QED) is 0.513. The van der Waals surface area contributed by atoms with Gasteiger partial charge >= 0.3 is 5.97 Å². The van der Waals surface area contributed by atoms with E-state index in [4.69, 9.17) is 9.47 Å². The summed E-state index contributed by atoms with van der Waals surface area (Å²) < 4.78 is 11.4. The minimum atomic E-state index is -0.191. The molecule has 0 heterocycles. The van der Waals surface area contributed by atoms with Crippen LogP contribution >= 0.6 is 11.8 Å². The van der Waals surface area contributed by atoms with Gasteiger partial charge in [-0.15, -0.1) is 11.8 Å². The zero-order valence-corrected chi connectivity index (χ0v) is 15.3. The predicted octanol–water partition coefficient (Wildman–Crippen LogP) is 4.56. The fraction of sp³-hybridized carbons (Fsp3) is 0.381. The summed E-state index contributed by atoms with van der Waals surface area (Å²) in [5, 5.41) is 0. The molecule has 25 heavy (non-hydrogen) atoms. The van der Waals surface area contributed by atoms with Crippen molar-refractivity contribution in [2.75, 3.05) is 12.4 Å². The van der Waals surface area contributed by atoms with Crippen LogP contribution in [0.4, 0.5) is 0 Å². The van der Waals surface area contributed by atoms with E-state index < -0.39 is 0 Å². The van der Waals surface area contributed by atoms with E-state index in [0.29, 0.717) is 25.0 Å². The van der Waals surface area contributed by atoms with Gasteiger partial charge in [0.05, 0.1) is 13.2 Å². The topological polar surface area (TPSA) is 35.5 Å². The van der Waals surface area contributed by atoms with Crippen LogP contribution < -0.4 is 0 Å². The van der Waals surface area contributed by atoms with Crippen molar-refractivity contribution in [3.8, 4) is 0 Å². The Morgan fingerprint density at radius 3 is 2.44 bits per heavy atom. The fourth-order valence-electron chi connectivity index (χ4n) is 3.15. The number of rotatable bonds is 8. The lowest BCUT2D eigenvalue weighted by Crippen LogP contribution is -2.47. The molecule has 0 unspecified atom stereocenters. The Kier molecular flexibility index (Phi) is 6.54. The Morgan fingerprint density at radius 2 is 1.76 bits per heavy atom. The fourth-order valence-corrected chi connectivity index (χ4v) is 4.37.